The van der Waals surface area contributed by atoms with Crippen LogP contribution in [0.15, 0.2) is 18.3 Å². The first-order valence-corrected chi connectivity index (χ1v) is 10.8. The predicted octanol–water partition coefficient (Wildman–Crippen LogP) is 4.84. The summed E-state index contributed by atoms with van der Waals surface area (Å²) < 4.78 is 44.1. The lowest BCUT2D eigenvalue weighted by molar-refractivity contribution is -0.274. The summed E-state index contributed by atoms with van der Waals surface area (Å²) in [5, 5.41) is 4.71. The zero-order chi connectivity index (χ0) is 22.7. The van der Waals surface area contributed by atoms with E-state index >= 15 is 0 Å². The van der Waals surface area contributed by atoms with Crippen molar-refractivity contribution in [2.24, 2.45) is 11.8 Å². The van der Waals surface area contributed by atoms with Crippen LogP contribution in [-0.2, 0) is 0 Å². The molecule has 31 heavy (non-hydrogen) atoms. The fourth-order valence-electron chi connectivity index (χ4n) is 4.70. The maximum atomic E-state index is 12.7. The van der Waals surface area contributed by atoms with E-state index in [9.17, 15) is 13.2 Å². The minimum Gasteiger partial charge on any atom is -0.402 e. The van der Waals surface area contributed by atoms with E-state index in [2.05, 4.69) is 49.2 Å². The number of alkyl halides is 3. The molecule has 4 rings (SSSR count). The Labute approximate surface area is 180 Å². The third kappa shape index (κ3) is 4.12. The predicted molar refractivity (Wildman–Crippen MR) is 113 cm³/mol. The van der Waals surface area contributed by atoms with E-state index in [0.717, 1.165) is 25.2 Å². The molecule has 0 aromatic carbocycles. The Morgan fingerprint density at radius 2 is 1.84 bits per heavy atom. The zero-order valence-corrected chi connectivity index (χ0v) is 18.6. The second-order valence-electron chi connectivity index (χ2n) is 9.57. The number of anilines is 1. The number of halogens is 3. The van der Waals surface area contributed by atoms with Gasteiger partial charge in [-0.25, -0.2) is 4.98 Å². The zero-order valence-electron chi connectivity index (χ0n) is 18.6. The number of hydrogen-bond acceptors (Lipinski definition) is 5. The Morgan fingerprint density at radius 1 is 1.19 bits per heavy atom. The fourth-order valence-corrected chi connectivity index (χ4v) is 4.70. The number of nitrogen functional groups attached to an aromatic ring is 1. The molecular weight excluding hydrogens is 407 g/mol. The van der Waals surface area contributed by atoms with E-state index in [1.807, 2.05) is 10.7 Å². The number of ether oxygens (including phenoxy) is 1. The maximum Gasteiger partial charge on any atom is 0.573 e. The summed E-state index contributed by atoms with van der Waals surface area (Å²) >= 11 is 0. The van der Waals surface area contributed by atoms with Gasteiger partial charge < -0.3 is 10.5 Å². The van der Waals surface area contributed by atoms with E-state index in [4.69, 9.17) is 10.8 Å². The number of rotatable bonds is 6. The lowest BCUT2D eigenvalue weighted by atomic mass is 9.98. The van der Waals surface area contributed by atoms with Gasteiger partial charge in [-0.05, 0) is 58.1 Å². The number of nitrogens with two attached hydrogens (primary N) is 1. The molecule has 2 fully saturated rings. The minimum absolute atomic E-state index is 0.140. The summed E-state index contributed by atoms with van der Waals surface area (Å²) in [4.78, 5) is 6.45. The third-order valence-electron chi connectivity index (χ3n) is 6.91. The normalized spacial score (nSPS) is 24.0. The highest BCUT2D eigenvalue weighted by Crippen LogP contribution is 2.59. The van der Waals surface area contributed by atoms with E-state index in [-0.39, 0.29) is 17.4 Å². The monoisotopic (exact) mass is 437 g/mol. The Balaban J connectivity index is 1.60. The molecule has 2 N–H and O–H groups in total. The van der Waals surface area contributed by atoms with Gasteiger partial charge in [0.2, 0.25) is 0 Å². The van der Waals surface area contributed by atoms with E-state index in [1.54, 1.807) is 0 Å². The SMILES string of the molecule is CCC(C)(C)N1C[C@@H]2[C@H](C1)[C@H]2c1cc(-c2cnc(N)c(OC(F)(F)F)c2)nn1C(C)C. The smallest absolute Gasteiger partial charge is 0.402 e. The van der Waals surface area contributed by atoms with Crippen LogP contribution in [0.5, 0.6) is 5.75 Å². The maximum absolute atomic E-state index is 12.7. The average Bonchev–Trinajstić information content (AvgIpc) is 3.05. The Bertz CT molecular complexity index is 957. The number of fused-ring (bicyclic) bond motifs is 1. The number of hydrogen-bond donors (Lipinski definition) is 1. The first-order chi connectivity index (χ1) is 14.4. The molecule has 0 radical (unpaired) electrons. The van der Waals surface area contributed by atoms with Gasteiger partial charge in [-0.3, -0.25) is 9.58 Å². The summed E-state index contributed by atoms with van der Waals surface area (Å²) in [6.07, 6.45) is -2.29. The van der Waals surface area contributed by atoms with Gasteiger partial charge in [0.05, 0.1) is 5.69 Å². The molecule has 0 unspecified atom stereocenters. The molecule has 0 amide bonds. The highest BCUT2D eigenvalue weighted by Gasteiger charge is 2.59. The van der Waals surface area contributed by atoms with Gasteiger partial charge in [0.25, 0.3) is 0 Å². The van der Waals surface area contributed by atoms with Crippen molar-refractivity contribution in [2.45, 2.75) is 64.9 Å². The number of nitrogens with zero attached hydrogens (tertiary/aromatic N) is 4. The summed E-state index contributed by atoms with van der Waals surface area (Å²) in [6.45, 7) is 13.1. The Kier molecular flexibility index (Phi) is 5.23. The molecule has 6 nitrogen and oxygen atoms in total. The van der Waals surface area contributed by atoms with E-state index in [1.165, 1.54) is 12.3 Å². The van der Waals surface area contributed by atoms with Crippen LogP contribution < -0.4 is 10.5 Å². The molecule has 2 aliphatic rings. The molecule has 3 atom stereocenters. The van der Waals surface area contributed by atoms with Crippen LogP contribution >= 0.6 is 0 Å². The lowest BCUT2D eigenvalue weighted by Crippen LogP contribution is -2.43. The van der Waals surface area contributed by atoms with Gasteiger partial charge in [0.15, 0.2) is 11.6 Å². The number of likely N-dealkylation sites (tertiary alicyclic amines) is 1. The highest BCUT2D eigenvalue weighted by atomic mass is 19.4. The Morgan fingerprint density at radius 3 is 2.39 bits per heavy atom. The molecule has 2 aromatic rings. The number of aromatic nitrogens is 3. The number of piperidine rings is 1. The van der Waals surface area contributed by atoms with Gasteiger partial charge in [0.1, 0.15) is 0 Å². The van der Waals surface area contributed by atoms with E-state index < -0.39 is 12.1 Å². The second-order valence-corrected chi connectivity index (χ2v) is 9.57. The van der Waals surface area contributed by atoms with Crippen molar-refractivity contribution in [3.63, 3.8) is 0 Å². The van der Waals surface area contributed by atoms with Gasteiger partial charge >= 0.3 is 6.36 Å². The number of pyridine rings is 1. The van der Waals surface area contributed by atoms with Crippen molar-refractivity contribution in [2.75, 3.05) is 18.8 Å². The summed E-state index contributed by atoms with van der Waals surface area (Å²) in [6, 6.07) is 3.38. The fraction of sp³-hybridized carbons (Fsp3) is 0.636. The summed E-state index contributed by atoms with van der Waals surface area (Å²) in [7, 11) is 0. The van der Waals surface area contributed by atoms with Crippen molar-refractivity contribution in [3.05, 3.63) is 24.0 Å². The molecule has 1 saturated carbocycles. The van der Waals surface area contributed by atoms with Gasteiger partial charge in [0, 0.05) is 48.0 Å². The topological polar surface area (TPSA) is 69.2 Å². The third-order valence-corrected chi connectivity index (χ3v) is 6.91. The second kappa shape index (κ2) is 7.39. The Hall–Kier alpha value is -2.29. The first-order valence-electron chi connectivity index (χ1n) is 10.8. The van der Waals surface area contributed by atoms with Gasteiger partial charge in [-0.1, -0.05) is 6.92 Å². The highest BCUT2D eigenvalue weighted by molar-refractivity contribution is 5.64. The molecule has 1 aliphatic heterocycles. The molecule has 0 bridgehead atoms. The molecule has 0 spiro atoms. The first kappa shape index (κ1) is 21.9. The summed E-state index contributed by atoms with van der Waals surface area (Å²) in [5.41, 5.74) is 7.95. The van der Waals surface area contributed by atoms with Crippen LogP contribution in [0.3, 0.4) is 0 Å². The summed E-state index contributed by atoms with van der Waals surface area (Å²) in [5.74, 6) is 0.814. The largest absolute Gasteiger partial charge is 0.573 e. The molecular formula is C22H30F3N5O. The van der Waals surface area contributed by atoms with Crippen molar-refractivity contribution < 1.29 is 17.9 Å². The van der Waals surface area contributed by atoms with Gasteiger partial charge in [-0.15, -0.1) is 13.2 Å². The molecule has 170 valence electrons. The van der Waals surface area contributed by atoms with Crippen molar-refractivity contribution in [3.8, 4) is 17.0 Å². The molecule has 9 heteroatoms. The van der Waals surface area contributed by atoms with Crippen molar-refractivity contribution in [1.29, 1.82) is 0 Å². The van der Waals surface area contributed by atoms with Crippen LogP contribution in [0.1, 0.15) is 58.7 Å². The van der Waals surface area contributed by atoms with Crippen LogP contribution in [0, 0.1) is 11.8 Å². The lowest BCUT2D eigenvalue weighted by Gasteiger charge is -2.36. The van der Waals surface area contributed by atoms with Crippen LogP contribution in [0.4, 0.5) is 19.0 Å². The average molecular weight is 438 g/mol. The van der Waals surface area contributed by atoms with Crippen molar-refractivity contribution in [1.82, 2.24) is 19.7 Å². The van der Waals surface area contributed by atoms with Gasteiger partial charge in [-0.2, -0.15) is 5.10 Å². The van der Waals surface area contributed by atoms with Crippen molar-refractivity contribution >= 4 is 5.82 Å². The minimum atomic E-state index is -4.83. The quantitative estimate of drug-likeness (QED) is 0.700. The molecule has 1 aliphatic carbocycles. The standard InChI is InChI=1S/C22H30F3N5O/c1-6-21(4,5)29-10-14-15(11-29)19(14)17-8-16(28-30(17)12(2)3)13-7-18(20(26)27-9-13)31-22(23,24)25/h7-9,12,14-15,19H,6,10-11H2,1-5H3,(H2,26,27)/t14-,15+,19+. The van der Waals surface area contributed by atoms with Crippen LogP contribution in [0.25, 0.3) is 11.3 Å². The van der Waals surface area contributed by atoms with Crippen LogP contribution in [0.2, 0.25) is 0 Å². The van der Waals surface area contributed by atoms with Crippen LogP contribution in [-0.4, -0.2) is 44.7 Å². The molecule has 2 aromatic heterocycles. The van der Waals surface area contributed by atoms with E-state index in [0.29, 0.717) is 29.0 Å². The molecule has 1 saturated heterocycles. The molecule has 3 heterocycles.